The molecule has 6 nitrogen and oxygen atoms in total. The van der Waals surface area contributed by atoms with Crippen molar-refractivity contribution in [3.63, 3.8) is 0 Å². The van der Waals surface area contributed by atoms with Gasteiger partial charge >= 0.3 is 0 Å². The summed E-state index contributed by atoms with van der Waals surface area (Å²) < 4.78 is 53.0. The number of hydrogen-bond acceptors (Lipinski definition) is 5. The van der Waals surface area contributed by atoms with Crippen molar-refractivity contribution in [2.45, 2.75) is 11.3 Å². The van der Waals surface area contributed by atoms with Gasteiger partial charge in [-0.3, -0.25) is 4.55 Å². The first kappa shape index (κ1) is 15.7. The molecule has 0 bridgehead atoms. The van der Waals surface area contributed by atoms with Crippen molar-refractivity contribution >= 4 is 25.6 Å². The summed E-state index contributed by atoms with van der Waals surface area (Å²) in [5, 5.41) is 3.79. The van der Waals surface area contributed by atoms with Crippen LogP contribution in [0, 0.1) is 0 Å². The highest BCUT2D eigenvalue weighted by molar-refractivity contribution is 7.94. The van der Waals surface area contributed by atoms with Gasteiger partial charge in [-0.25, -0.2) is 8.42 Å². The van der Waals surface area contributed by atoms with E-state index in [4.69, 9.17) is 4.55 Å². The minimum Gasteiger partial charge on any atom is -0.385 e. The van der Waals surface area contributed by atoms with Crippen LogP contribution in [0.15, 0.2) is 41.1 Å². The van der Waals surface area contributed by atoms with Crippen molar-refractivity contribution in [1.29, 1.82) is 0 Å². The molecule has 0 unspecified atom stereocenters. The molecule has 0 radical (unpaired) electrons. The van der Waals surface area contributed by atoms with E-state index in [1.54, 1.807) is 6.07 Å². The van der Waals surface area contributed by atoms with Crippen LogP contribution < -0.4 is 5.32 Å². The summed E-state index contributed by atoms with van der Waals surface area (Å²) in [6.07, 6.45) is 0.366. The largest absolute Gasteiger partial charge is 0.385 e. The topological polar surface area (TPSA) is 101 Å². The van der Waals surface area contributed by atoms with Crippen molar-refractivity contribution < 1.29 is 21.4 Å². The average Bonchev–Trinajstić information content (AvgIpc) is 2.34. The maximum atomic E-state index is 11.1. The average molecular weight is 305 g/mol. The summed E-state index contributed by atoms with van der Waals surface area (Å²) in [7, 11) is -7.45. The van der Waals surface area contributed by atoms with Crippen LogP contribution in [-0.4, -0.2) is 33.7 Å². The van der Waals surface area contributed by atoms with E-state index >= 15 is 0 Å². The van der Waals surface area contributed by atoms with Crippen molar-refractivity contribution in [2.75, 3.05) is 17.6 Å². The van der Waals surface area contributed by atoms with Gasteiger partial charge < -0.3 is 5.32 Å². The summed E-state index contributed by atoms with van der Waals surface area (Å²) in [6, 6.07) is 5.64. The van der Waals surface area contributed by atoms with Gasteiger partial charge in [0.2, 0.25) is 0 Å². The van der Waals surface area contributed by atoms with Crippen LogP contribution in [0.5, 0.6) is 0 Å². The van der Waals surface area contributed by atoms with Gasteiger partial charge in [-0.2, -0.15) is 8.42 Å². The third kappa shape index (κ3) is 5.41. The minimum atomic E-state index is -4.23. The molecule has 0 aliphatic heterocycles. The Morgan fingerprint density at radius 2 is 1.95 bits per heavy atom. The van der Waals surface area contributed by atoms with Crippen LogP contribution in [0.2, 0.25) is 0 Å². The molecule has 19 heavy (non-hydrogen) atoms. The van der Waals surface area contributed by atoms with Crippen molar-refractivity contribution in [3.05, 3.63) is 36.3 Å². The lowest BCUT2D eigenvalue weighted by molar-refractivity contribution is 0.483. The first-order valence-corrected chi connectivity index (χ1v) is 8.57. The molecule has 0 spiro atoms. The molecule has 1 rings (SSSR count). The number of hydrogen-bond donors (Lipinski definition) is 2. The molecule has 0 saturated carbocycles. The molecule has 0 aliphatic carbocycles. The Hall–Kier alpha value is -1.38. The van der Waals surface area contributed by atoms with Crippen LogP contribution in [0.4, 0.5) is 5.69 Å². The van der Waals surface area contributed by atoms with Gasteiger partial charge in [0.05, 0.1) is 10.6 Å². The highest BCUT2D eigenvalue weighted by Crippen LogP contribution is 2.15. The second-order valence-electron chi connectivity index (χ2n) is 3.82. The molecule has 0 heterocycles. The molecule has 0 amide bonds. The third-order valence-electron chi connectivity index (χ3n) is 2.32. The lowest BCUT2D eigenvalue weighted by Crippen LogP contribution is -2.09. The fraction of sp³-hybridized carbons (Fsp3) is 0.273. The van der Waals surface area contributed by atoms with Crippen molar-refractivity contribution in [3.8, 4) is 0 Å². The van der Waals surface area contributed by atoms with Crippen molar-refractivity contribution in [1.82, 2.24) is 0 Å². The van der Waals surface area contributed by atoms with Crippen LogP contribution in [0.1, 0.15) is 6.42 Å². The van der Waals surface area contributed by atoms with Crippen LogP contribution in [0.3, 0.4) is 0 Å². The number of anilines is 1. The van der Waals surface area contributed by atoms with E-state index in [-0.39, 0.29) is 10.6 Å². The predicted octanol–water partition coefficient (Wildman–Crippen LogP) is 1.29. The molecule has 1 aromatic carbocycles. The van der Waals surface area contributed by atoms with Crippen LogP contribution >= 0.6 is 0 Å². The van der Waals surface area contributed by atoms with Crippen molar-refractivity contribution in [2.24, 2.45) is 0 Å². The van der Waals surface area contributed by atoms with Crippen LogP contribution in [0.25, 0.3) is 0 Å². The first-order chi connectivity index (χ1) is 8.74. The smallest absolute Gasteiger partial charge is 0.294 e. The minimum absolute atomic E-state index is 0.0263. The highest BCUT2D eigenvalue weighted by Gasteiger charge is 2.09. The summed E-state index contributed by atoms with van der Waals surface area (Å²) in [6.45, 7) is 3.57. The fourth-order valence-electron chi connectivity index (χ4n) is 1.36. The lowest BCUT2D eigenvalue weighted by Gasteiger charge is -2.07. The summed E-state index contributed by atoms with van der Waals surface area (Å²) in [5.74, 6) is -0.0263. The summed E-state index contributed by atoms with van der Waals surface area (Å²) >= 11 is 0. The Bertz CT molecular complexity index is 649. The normalized spacial score (nSPS) is 12.1. The maximum absolute atomic E-state index is 11.1. The zero-order chi connectivity index (χ0) is 14.5. The number of nitrogens with one attached hydrogen (secondary N) is 1. The fourth-order valence-corrected chi connectivity index (χ4v) is 2.60. The molecule has 0 aromatic heterocycles. The molecule has 0 saturated heterocycles. The van der Waals surface area contributed by atoms with Gasteiger partial charge in [-0.1, -0.05) is 12.6 Å². The Balaban J connectivity index is 2.58. The SMILES string of the molecule is C=CS(=O)(=O)CCCNc1cccc(S(=O)(=O)O)c1. The molecule has 1 aromatic rings. The highest BCUT2D eigenvalue weighted by atomic mass is 32.2. The van der Waals surface area contributed by atoms with Gasteiger partial charge in [0.15, 0.2) is 9.84 Å². The Morgan fingerprint density at radius 3 is 2.53 bits per heavy atom. The quantitative estimate of drug-likeness (QED) is 0.581. The van der Waals surface area contributed by atoms with E-state index in [1.165, 1.54) is 18.2 Å². The second-order valence-corrected chi connectivity index (χ2v) is 7.31. The zero-order valence-corrected chi connectivity index (χ0v) is 11.7. The van der Waals surface area contributed by atoms with Gasteiger partial charge in [-0.05, 0) is 24.6 Å². The zero-order valence-electron chi connectivity index (χ0n) is 10.1. The van der Waals surface area contributed by atoms with E-state index in [1.807, 2.05) is 0 Å². The first-order valence-electron chi connectivity index (χ1n) is 5.41. The monoisotopic (exact) mass is 305 g/mol. The molecule has 8 heteroatoms. The van der Waals surface area contributed by atoms with Crippen LogP contribution in [-0.2, 0) is 20.0 Å². The van der Waals surface area contributed by atoms with Gasteiger partial charge in [0.1, 0.15) is 0 Å². The molecular formula is C11H15NO5S2. The molecule has 0 aliphatic rings. The van der Waals surface area contributed by atoms with E-state index < -0.39 is 20.0 Å². The third-order valence-corrected chi connectivity index (χ3v) is 4.54. The Morgan fingerprint density at radius 1 is 1.26 bits per heavy atom. The molecule has 106 valence electrons. The van der Waals surface area contributed by atoms with Gasteiger partial charge in [0.25, 0.3) is 10.1 Å². The maximum Gasteiger partial charge on any atom is 0.294 e. The second kappa shape index (κ2) is 6.18. The summed E-state index contributed by atoms with van der Waals surface area (Å²) in [5.41, 5.74) is 0.492. The number of sulfone groups is 1. The van der Waals surface area contributed by atoms with E-state index in [2.05, 4.69) is 11.9 Å². The van der Waals surface area contributed by atoms with Gasteiger partial charge in [-0.15, -0.1) is 0 Å². The number of rotatable bonds is 7. The Labute approximate surface area is 112 Å². The standard InChI is InChI=1S/C11H15NO5S2/c1-2-18(13,14)8-4-7-12-10-5-3-6-11(9-10)19(15,16)17/h2-3,5-6,9,12H,1,4,7-8H2,(H,15,16,17). The lowest BCUT2D eigenvalue weighted by atomic mass is 10.3. The molecule has 0 fully saturated rings. The van der Waals surface area contributed by atoms with E-state index in [9.17, 15) is 16.8 Å². The van der Waals surface area contributed by atoms with E-state index in [0.717, 1.165) is 5.41 Å². The molecule has 2 N–H and O–H groups in total. The molecule has 0 atom stereocenters. The Kier molecular flexibility index (Phi) is 5.10. The predicted molar refractivity (Wildman–Crippen MR) is 73.3 cm³/mol. The number of benzene rings is 1. The molecular weight excluding hydrogens is 290 g/mol. The van der Waals surface area contributed by atoms with E-state index in [0.29, 0.717) is 18.7 Å². The van der Waals surface area contributed by atoms with Gasteiger partial charge in [0, 0.05) is 17.6 Å². The summed E-state index contributed by atoms with van der Waals surface area (Å²) in [4.78, 5) is -0.212.